The molecule has 1 aliphatic rings. The van der Waals surface area contributed by atoms with Gasteiger partial charge in [-0.25, -0.2) is 0 Å². The molecule has 0 atom stereocenters. The average Bonchev–Trinajstić information content (AvgIpc) is 2.67. The molecule has 4 heteroatoms. The number of morpholine rings is 1. The lowest BCUT2D eigenvalue weighted by atomic mass is 9.86. The van der Waals surface area contributed by atoms with E-state index in [4.69, 9.17) is 4.74 Å². The van der Waals surface area contributed by atoms with Crippen molar-refractivity contribution in [2.45, 2.75) is 39.0 Å². The van der Waals surface area contributed by atoms with Crippen LogP contribution in [0.1, 0.15) is 38.3 Å². The van der Waals surface area contributed by atoms with Crippen LogP contribution in [0.5, 0.6) is 0 Å². The van der Waals surface area contributed by atoms with Crippen LogP contribution in [0.25, 0.3) is 0 Å². The molecular weight excluding hydrogens is 336 g/mol. The third-order valence-electron chi connectivity index (χ3n) is 4.99. The first-order valence-electron chi connectivity index (χ1n) is 9.74. The van der Waals surface area contributed by atoms with Crippen LogP contribution in [0.15, 0.2) is 48.5 Å². The number of benzene rings is 2. The van der Waals surface area contributed by atoms with Gasteiger partial charge in [0.2, 0.25) is 5.91 Å². The Kier molecular flexibility index (Phi) is 6.17. The number of hydrogen-bond acceptors (Lipinski definition) is 3. The Morgan fingerprint density at radius 3 is 2.22 bits per heavy atom. The van der Waals surface area contributed by atoms with Crippen LogP contribution >= 0.6 is 0 Å². The zero-order chi connectivity index (χ0) is 19.3. The second-order valence-electron chi connectivity index (χ2n) is 8.14. The Morgan fingerprint density at radius 2 is 1.63 bits per heavy atom. The zero-order valence-corrected chi connectivity index (χ0v) is 16.6. The Hall–Kier alpha value is -2.33. The molecule has 0 spiro atoms. The molecule has 1 amide bonds. The number of nitrogens with zero attached hydrogens (tertiary/aromatic N) is 1. The monoisotopic (exact) mass is 366 g/mol. The van der Waals surface area contributed by atoms with Crippen molar-refractivity contribution in [1.82, 2.24) is 0 Å². The summed E-state index contributed by atoms with van der Waals surface area (Å²) in [6, 6.07) is 16.7. The summed E-state index contributed by atoms with van der Waals surface area (Å²) in [4.78, 5) is 14.6. The van der Waals surface area contributed by atoms with Crippen LogP contribution in [-0.2, 0) is 21.4 Å². The first-order chi connectivity index (χ1) is 12.9. The number of carbonyl (C=O) groups excluding carboxylic acids is 1. The highest BCUT2D eigenvalue weighted by molar-refractivity contribution is 5.91. The molecular formula is C23H30N2O2. The number of nitrogens with one attached hydrogen (secondary N) is 1. The summed E-state index contributed by atoms with van der Waals surface area (Å²) in [5, 5.41) is 3.00. The van der Waals surface area contributed by atoms with E-state index in [0.717, 1.165) is 38.4 Å². The number of rotatable bonds is 5. The fraction of sp³-hybridized carbons (Fsp3) is 0.435. The number of carbonyl (C=O) groups is 1. The van der Waals surface area contributed by atoms with Crippen molar-refractivity contribution >= 4 is 17.3 Å². The van der Waals surface area contributed by atoms with E-state index in [1.165, 1.54) is 16.8 Å². The van der Waals surface area contributed by atoms with Crippen molar-refractivity contribution in [2.24, 2.45) is 0 Å². The normalized spacial score (nSPS) is 14.9. The molecule has 1 N–H and O–H groups in total. The molecule has 0 aliphatic carbocycles. The van der Waals surface area contributed by atoms with E-state index in [2.05, 4.69) is 67.4 Å². The summed E-state index contributed by atoms with van der Waals surface area (Å²) in [5.41, 5.74) is 4.69. The molecule has 0 radical (unpaired) electrons. The molecule has 1 saturated heterocycles. The van der Waals surface area contributed by atoms with Crippen molar-refractivity contribution in [2.75, 3.05) is 36.5 Å². The van der Waals surface area contributed by atoms with Crippen LogP contribution < -0.4 is 10.2 Å². The number of anilines is 2. The first-order valence-corrected chi connectivity index (χ1v) is 9.74. The largest absolute Gasteiger partial charge is 0.378 e. The maximum atomic E-state index is 12.3. The van der Waals surface area contributed by atoms with Gasteiger partial charge in [-0.15, -0.1) is 0 Å². The molecule has 2 aromatic rings. The van der Waals surface area contributed by atoms with E-state index in [1.807, 2.05) is 12.1 Å². The maximum absolute atomic E-state index is 12.3. The van der Waals surface area contributed by atoms with Gasteiger partial charge in [0.25, 0.3) is 0 Å². The van der Waals surface area contributed by atoms with Crippen molar-refractivity contribution < 1.29 is 9.53 Å². The molecule has 1 heterocycles. The second kappa shape index (κ2) is 8.57. The first kappa shape index (κ1) is 19.4. The Labute approximate surface area is 162 Å². The van der Waals surface area contributed by atoms with Crippen LogP contribution in [-0.4, -0.2) is 32.2 Å². The van der Waals surface area contributed by atoms with E-state index in [9.17, 15) is 4.79 Å². The average molecular weight is 367 g/mol. The maximum Gasteiger partial charge on any atom is 0.224 e. The molecule has 0 aromatic heterocycles. The quantitative estimate of drug-likeness (QED) is 0.853. The van der Waals surface area contributed by atoms with Crippen molar-refractivity contribution in [3.05, 3.63) is 59.7 Å². The van der Waals surface area contributed by atoms with Crippen molar-refractivity contribution in [3.63, 3.8) is 0 Å². The summed E-state index contributed by atoms with van der Waals surface area (Å²) in [6.45, 7) is 10.0. The van der Waals surface area contributed by atoms with Gasteiger partial charge in [-0.1, -0.05) is 45.0 Å². The molecule has 2 aromatic carbocycles. The zero-order valence-electron chi connectivity index (χ0n) is 16.6. The van der Waals surface area contributed by atoms with E-state index in [-0.39, 0.29) is 11.3 Å². The lowest BCUT2D eigenvalue weighted by molar-refractivity contribution is -0.116. The SMILES string of the molecule is CC(C)(C)c1ccc(CCC(=O)Nc2ccc(N3CCOCC3)cc2)cc1. The lowest BCUT2D eigenvalue weighted by Gasteiger charge is -2.28. The van der Waals surface area contributed by atoms with E-state index in [1.54, 1.807) is 0 Å². The van der Waals surface area contributed by atoms with Crippen LogP contribution in [0.3, 0.4) is 0 Å². The van der Waals surface area contributed by atoms with Gasteiger partial charge in [-0.2, -0.15) is 0 Å². The molecule has 0 saturated carbocycles. The fourth-order valence-electron chi connectivity index (χ4n) is 3.23. The predicted octanol–water partition coefficient (Wildman–Crippen LogP) is 4.39. The van der Waals surface area contributed by atoms with Crippen LogP contribution in [0.2, 0.25) is 0 Å². The standard InChI is InChI=1S/C23H30N2O2/c1-23(2,3)19-7-4-18(5-8-19)6-13-22(26)24-20-9-11-21(12-10-20)25-14-16-27-17-15-25/h4-5,7-12H,6,13-17H2,1-3H3,(H,24,26). The van der Waals surface area contributed by atoms with Crippen LogP contribution in [0, 0.1) is 0 Å². The Morgan fingerprint density at radius 1 is 1.00 bits per heavy atom. The van der Waals surface area contributed by atoms with Gasteiger partial charge in [0.15, 0.2) is 0 Å². The molecule has 0 bridgehead atoms. The summed E-state index contributed by atoms with van der Waals surface area (Å²) in [6.07, 6.45) is 1.24. The highest BCUT2D eigenvalue weighted by Gasteiger charge is 2.13. The van der Waals surface area contributed by atoms with E-state index < -0.39 is 0 Å². The Balaban J connectivity index is 1.49. The fourth-order valence-corrected chi connectivity index (χ4v) is 3.23. The van der Waals surface area contributed by atoms with Gasteiger partial charge >= 0.3 is 0 Å². The molecule has 1 fully saturated rings. The molecule has 27 heavy (non-hydrogen) atoms. The molecule has 4 nitrogen and oxygen atoms in total. The van der Waals surface area contributed by atoms with Crippen molar-refractivity contribution in [3.8, 4) is 0 Å². The van der Waals surface area contributed by atoms with Gasteiger partial charge in [-0.3, -0.25) is 4.79 Å². The summed E-state index contributed by atoms with van der Waals surface area (Å²) in [5.74, 6) is 0.0500. The molecule has 0 unspecified atom stereocenters. The van der Waals surface area contributed by atoms with E-state index in [0.29, 0.717) is 6.42 Å². The summed E-state index contributed by atoms with van der Waals surface area (Å²) < 4.78 is 5.39. The predicted molar refractivity (Wildman–Crippen MR) is 112 cm³/mol. The second-order valence-corrected chi connectivity index (χ2v) is 8.14. The van der Waals surface area contributed by atoms with Gasteiger partial charge in [-0.05, 0) is 47.2 Å². The third kappa shape index (κ3) is 5.57. The van der Waals surface area contributed by atoms with Crippen molar-refractivity contribution in [1.29, 1.82) is 0 Å². The minimum absolute atomic E-state index is 0.0500. The lowest BCUT2D eigenvalue weighted by Crippen LogP contribution is -2.36. The Bertz CT molecular complexity index is 739. The van der Waals surface area contributed by atoms with Gasteiger partial charge < -0.3 is 15.0 Å². The number of aryl methyl sites for hydroxylation is 1. The van der Waals surface area contributed by atoms with E-state index >= 15 is 0 Å². The molecule has 3 rings (SSSR count). The number of ether oxygens (including phenoxy) is 1. The highest BCUT2D eigenvalue weighted by atomic mass is 16.5. The third-order valence-corrected chi connectivity index (χ3v) is 4.99. The minimum Gasteiger partial charge on any atom is -0.378 e. The van der Waals surface area contributed by atoms with Gasteiger partial charge in [0.05, 0.1) is 13.2 Å². The minimum atomic E-state index is 0.0500. The number of amides is 1. The summed E-state index contributed by atoms with van der Waals surface area (Å²) in [7, 11) is 0. The molecule has 1 aliphatic heterocycles. The summed E-state index contributed by atoms with van der Waals surface area (Å²) >= 11 is 0. The topological polar surface area (TPSA) is 41.6 Å². The molecule has 144 valence electrons. The van der Waals surface area contributed by atoms with Crippen LogP contribution in [0.4, 0.5) is 11.4 Å². The smallest absolute Gasteiger partial charge is 0.224 e. The highest BCUT2D eigenvalue weighted by Crippen LogP contribution is 2.23. The van der Waals surface area contributed by atoms with Gasteiger partial charge in [0.1, 0.15) is 0 Å². The van der Waals surface area contributed by atoms with Gasteiger partial charge in [0, 0.05) is 30.9 Å². The number of hydrogen-bond donors (Lipinski definition) is 1.